The van der Waals surface area contributed by atoms with Crippen LogP contribution in [0, 0.1) is 12.8 Å². The van der Waals surface area contributed by atoms with Gasteiger partial charge in [0.15, 0.2) is 0 Å². The molecule has 9 heteroatoms. The van der Waals surface area contributed by atoms with Crippen LogP contribution in [0.15, 0.2) is 22.4 Å². The second kappa shape index (κ2) is 9.39. The largest absolute Gasteiger partial charge is 0.341 e. The number of amides is 1. The van der Waals surface area contributed by atoms with Crippen molar-refractivity contribution in [2.24, 2.45) is 5.92 Å². The van der Waals surface area contributed by atoms with E-state index in [-0.39, 0.29) is 41.8 Å². The second-order valence-corrected chi connectivity index (χ2v) is 8.32. The van der Waals surface area contributed by atoms with Gasteiger partial charge in [-0.1, -0.05) is 0 Å². The molecule has 0 spiro atoms. The highest BCUT2D eigenvalue weighted by Gasteiger charge is 2.32. The van der Waals surface area contributed by atoms with Crippen molar-refractivity contribution in [3.8, 4) is 0 Å². The Labute approximate surface area is 181 Å². The number of carbonyl (C=O) groups is 1. The Balaban J connectivity index is 0.00000140. The molecular formula is C19H26Cl2N4O2S. The average Bonchev–Trinajstić information content (AvgIpc) is 3.05. The number of piperidine rings is 1. The van der Waals surface area contributed by atoms with Gasteiger partial charge >= 0.3 is 0 Å². The fraction of sp³-hybridized carbons (Fsp3) is 0.526. The molecule has 2 aliphatic rings. The minimum Gasteiger partial charge on any atom is -0.341 e. The van der Waals surface area contributed by atoms with E-state index in [0.29, 0.717) is 24.9 Å². The lowest BCUT2D eigenvalue weighted by atomic mass is 9.84. The summed E-state index contributed by atoms with van der Waals surface area (Å²) >= 11 is 1.61. The number of pyridine rings is 1. The molecule has 0 unspecified atom stereocenters. The zero-order chi connectivity index (χ0) is 18.3. The molecule has 1 fully saturated rings. The zero-order valence-corrected chi connectivity index (χ0v) is 18.5. The maximum absolute atomic E-state index is 13.0. The Morgan fingerprint density at radius 1 is 1.36 bits per heavy atom. The molecule has 2 aromatic heterocycles. The maximum atomic E-state index is 13.0. The van der Waals surface area contributed by atoms with Crippen molar-refractivity contribution in [2.75, 3.05) is 26.7 Å². The van der Waals surface area contributed by atoms with Gasteiger partial charge in [0, 0.05) is 49.6 Å². The lowest BCUT2D eigenvalue weighted by Gasteiger charge is -2.37. The minimum absolute atomic E-state index is 0. The molecule has 0 aliphatic carbocycles. The molecule has 1 saturated heterocycles. The Morgan fingerprint density at radius 3 is 2.86 bits per heavy atom. The molecule has 0 aromatic carbocycles. The van der Waals surface area contributed by atoms with E-state index >= 15 is 0 Å². The molecule has 4 rings (SSSR count). The van der Waals surface area contributed by atoms with E-state index in [2.05, 4.69) is 10.3 Å². The monoisotopic (exact) mass is 444 g/mol. The van der Waals surface area contributed by atoms with Crippen LogP contribution in [-0.4, -0.2) is 47.0 Å². The van der Waals surface area contributed by atoms with Crippen molar-refractivity contribution in [2.45, 2.75) is 32.2 Å². The molecule has 2 aromatic rings. The van der Waals surface area contributed by atoms with Crippen molar-refractivity contribution in [3.63, 3.8) is 0 Å². The quantitative estimate of drug-likeness (QED) is 0.786. The van der Waals surface area contributed by atoms with Crippen LogP contribution in [0.1, 0.15) is 39.0 Å². The van der Waals surface area contributed by atoms with Gasteiger partial charge in [-0.25, -0.2) is 4.98 Å². The van der Waals surface area contributed by atoms with Gasteiger partial charge in [0.05, 0.1) is 11.2 Å². The first-order valence-electron chi connectivity index (χ1n) is 9.13. The van der Waals surface area contributed by atoms with E-state index in [1.807, 2.05) is 23.1 Å². The number of hydrogen-bond donors (Lipinski definition) is 1. The van der Waals surface area contributed by atoms with Crippen molar-refractivity contribution in [1.82, 2.24) is 19.8 Å². The molecule has 0 radical (unpaired) electrons. The molecule has 154 valence electrons. The summed E-state index contributed by atoms with van der Waals surface area (Å²) in [6.07, 6.45) is 1.90. The number of carbonyl (C=O) groups excluding carboxylic acids is 1. The average molecular weight is 445 g/mol. The number of fused-ring (bicyclic) bond motifs is 4. The second-order valence-electron chi connectivity index (χ2n) is 7.38. The molecule has 1 N–H and O–H groups in total. The standard InChI is InChI=1S/C19H24N4O2S.2ClH/c1-12-17(26-11-21-12)5-6-22(2)18(24)15-3-4-16-14-7-13(8-20-9-14)10-23(16)19(15)25;;/h3-4,11,13-14,20H,5-10H2,1-2H3;2*1H/t13-,14+;;/m0../s1. The van der Waals surface area contributed by atoms with Crippen LogP contribution in [0.3, 0.4) is 0 Å². The third-order valence-electron chi connectivity index (χ3n) is 5.60. The summed E-state index contributed by atoms with van der Waals surface area (Å²) in [5.41, 5.74) is 4.06. The Morgan fingerprint density at radius 2 is 2.14 bits per heavy atom. The molecule has 28 heavy (non-hydrogen) atoms. The predicted octanol–water partition coefficient (Wildman–Crippen LogP) is 2.48. The minimum atomic E-state index is -0.193. The number of nitrogens with one attached hydrogen (secondary N) is 1. The van der Waals surface area contributed by atoms with Crippen molar-refractivity contribution in [3.05, 3.63) is 49.8 Å². The molecule has 2 aliphatic heterocycles. The molecule has 1 amide bonds. The van der Waals surface area contributed by atoms with Crippen LogP contribution in [0.25, 0.3) is 0 Å². The topological polar surface area (TPSA) is 67.2 Å². The van der Waals surface area contributed by atoms with Crippen molar-refractivity contribution >= 4 is 42.1 Å². The molecular weight excluding hydrogens is 419 g/mol. The van der Waals surface area contributed by atoms with E-state index in [1.54, 1.807) is 29.4 Å². The summed E-state index contributed by atoms with van der Waals surface area (Å²) in [6.45, 7) is 5.14. The van der Waals surface area contributed by atoms with Gasteiger partial charge in [-0.3, -0.25) is 9.59 Å². The van der Waals surface area contributed by atoms with Gasteiger partial charge in [-0.2, -0.15) is 0 Å². The number of nitrogens with zero attached hydrogens (tertiary/aromatic N) is 3. The maximum Gasteiger partial charge on any atom is 0.263 e. The first-order chi connectivity index (χ1) is 12.5. The normalized spacial score (nSPS) is 19.8. The summed E-state index contributed by atoms with van der Waals surface area (Å²) in [6, 6.07) is 3.70. The number of hydrogen-bond acceptors (Lipinski definition) is 5. The third kappa shape index (κ3) is 4.27. The van der Waals surface area contributed by atoms with Gasteiger partial charge in [-0.15, -0.1) is 36.2 Å². The Kier molecular flexibility index (Phi) is 7.67. The Bertz CT molecular complexity index is 898. The highest BCUT2D eigenvalue weighted by molar-refractivity contribution is 7.09. The van der Waals surface area contributed by atoms with Gasteiger partial charge in [0.2, 0.25) is 0 Å². The summed E-state index contributed by atoms with van der Waals surface area (Å²) in [4.78, 5) is 32.9. The van der Waals surface area contributed by atoms with Gasteiger partial charge in [0.25, 0.3) is 11.5 Å². The summed E-state index contributed by atoms with van der Waals surface area (Å²) in [7, 11) is 1.76. The number of aromatic nitrogens is 2. The lowest BCUT2D eigenvalue weighted by Crippen LogP contribution is -2.46. The first-order valence-corrected chi connectivity index (χ1v) is 10.0. The van der Waals surface area contributed by atoms with E-state index in [9.17, 15) is 9.59 Å². The number of aryl methyl sites for hydroxylation is 1. The SMILES string of the molecule is Cc1ncsc1CCN(C)C(=O)c1ccc2n(c1=O)C[C@@H]1CNC[C@H]2C1.Cl.Cl. The van der Waals surface area contributed by atoms with Gasteiger partial charge in [-0.05, 0) is 37.9 Å². The van der Waals surface area contributed by atoms with E-state index in [0.717, 1.165) is 37.3 Å². The van der Waals surface area contributed by atoms with Crippen LogP contribution < -0.4 is 10.9 Å². The fourth-order valence-electron chi connectivity index (χ4n) is 4.10. The number of rotatable bonds is 4. The van der Waals surface area contributed by atoms with Crippen LogP contribution in [0.4, 0.5) is 0 Å². The van der Waals surface area contributed by atoms with E-state index in [1.165, 1.54) is 4.88 Å². The van der Waals surface area contributed by atoms with Crippen LogP contribution >= 0.6 is 36.2 Å². The zero-order valence-electron chi connectivity index (χ0n) is 16.0. The first kappa shape index (κ1) is 22.9. The lowest BCUT2D eigenvalue weighted by molar-refractivity contribution is 0.0793. The highest BCUT2D eigenvalue weighted by atomic mass is 35.5. The number of halogens is 2. The summed E-state index contributed by atoms with van der Waals surface area (Å²) in [5, 5.41) is 3.44. The Hall–Kier alpha value is -1.41. The van der Waals surface area contributed by atoms with Crippen LogP contribution in [0.5, 0.6) is 0 Å². The smallest absolute Gasteiger partial charge is 0.263 e. The van der Waals surface area contributed by atoms with Crippen LogP contribution in [0.2, 0.25) is 0 Å². The van der Waals surface area contributed by atoms with Crippen molar-refractivity contribution in [1.29, 1.82) is 0 Å². The molecule has 2 bridgehead atoms. The summed E-state index contributed by atoms with van der Waals surface area (Å²) < 4.78 is 1.84. The predicted molar refractivity (Wildman–Crippen MR) is 116 cm³/mol. The molecule has 2 atom stereocenters. The van der Waals surface area contributed by atoms with Crippen LogP contribution in [-0.2, 0) is 13.0 Å². The fourth-order valence-corrected chi connectivity index (χ4v) is 4.87. The molecule has 4 heterocycles. The molecule has 6 nitrogen and oxygen atoms in total. The summed E-state index contributed by atoms with van der Waals surface area (Å²) in [5.74, 6) is 0.670. The van der Waals surface area contributed by atoms with Crippen molar-refractivity contribution < 1.29 is 4.79 Å². The number of likely N-dealkylation sites (N-methyl/N-ethyl adjacent to an activating group) is 1. The van der Waals surface area contributed by atoms with E-state index < -0.39 is 0 Å². The number of thiazole rings is 1. The molecule has 0 saturated carbocycles. The van der Waals surface area contributed by atoms with E-state index in [4.69, 9.17) is 0 Å². The van der Waals surface area contributed by atoms with Gasteiger partial charge < -0.3 is 14.8 Å². The van der Waals surface area contributed by atoms with Gasteiger partial charge in [0.1, 0.15) is 5.56 Å². The third-order valence-corrected chi connectivity index (χ3v) is 6.60. The highest BCUT2D eigenvalue weighted by Crippen LogP contribution is 2.31.